The minimum Gasteiger partial charge on any atom is -0.0994 e. The molecule has 19 heavy (non-hydrogen) atoms. The van der Waals surface area contributed by atoms with Crippen molar-refractivity contribution in [1.82, 2.24) is 0 Å². The SMILES string of the molecule is C1=CC(CP(C2CCCCC2)C2CCCCC2)C=C1. The van der Waals surface area contributed by atoms with Gasteiger partial charge in [-0.3, -0.25) is 0 Å². The third-order valence-electron chi connectivity index (χ3n) is 5.34. The molecule has 0 nitrogen and oxygen atoms in total. The van der Waals surface area contributed by atoms with Crippen LogP contribution >= 0.6 is 7.92 Å². The molecule has 0 aliphatic heterocycles. The Morgan fingerprint density at radius 1 is 0.684 bits per heavy atom. The standard InChI is InChI=1S/C18H29P/c1-3-11-17(12-4-1)19(15-16-9-7-8-10-16)18-13-5-2-6-14-18/h7-10,16-18H,1-6,11-15H2. The first kappa shape index (κ1) is 13.9. The first-order valence-corrected chi connectivity index (χ1v) is 10.2. The molecule has 0 radical (unpaired) electrons. The summed E-state index contributed by atoms with van der Waals surface area (Å²) in [6.45, 7) is 0. The van der Waals surface area contributed by atoms with Crippen molar-refractivity contribution < 1.29 is 0 Å². The van der Waals surface area contributed by atoms with Crippen LogP contribution in [-0.2, 0) is 0 Å². The Morgan fingerprint density at radius 2 is 1.16 bits per heavy atom. The molecule has 3 rings (SSSR count). The van der Waals surface area contributed by atoms with Crippen molar-refractivity contribution in [2.45, 2.75) is 75.5 Å². The van der Waals surface area contributed by atoms with Gasteiger partial charge < -0.3 is 0 Å². The molecule has 0 atom stereocenters. The molecule has 2 fully saturated rings. The van der Waals surface area contributed by atoms with Crippen LogP contribution < -0.4 is 0 Å². The second kappa shape index (κ2) is 7.07. The molecule has 0 N–H and O–H groups in total. The van der Waals surface area contributed by atoms with Crippen LogP contribution in [0.1, 0.15) is 64.2 Å². The minimum atomic E-state index is 0.289. The summed E-state index contributed by atoms with van der Waals surface area (Å²) < 4.78 is 0. The van der Waals surface area contributed by atoms with Crippen LogP contribution in [0.2, 0.25) is 0 Å². The average Bonchev–Trinajstić information content (AvgIpc) is 3.00. The summed E-state index contributed by atoms with van der Waals surface area (Å²) >= 11 is 0. The van der Waals surface area contributed by atoms with Crippen LogP contribution in [0.4, 0.5) is 0 Å². The summed E-state index contributed by atoms with van der Waals surface area (Å²) in [5.74, 6) is 0.787. The van der Waals surface area contributed by atoms with E-state index >= 15 is 0 Å². The Labute approximate surface area is 120 Å². The second-order valence-electron chi connectivity index (χ2n) is 6.71. The molecule has 0 heterocycles. The number of hydrogen-bond donors (Lipinski definition) is 0. The topological polar surface area (TPSA) is 0 Å². The third-order valence-corrected chi connectivity index (χ3v) is 9.09. The van der Waals surface area contributed by atoms with Gasteiger partial charge in [0.05, 0.1) is 0 Å². The normalized spacial score (nSPS) is 26.6. The number of rotatable bonds is 4. The molecule has 0 spiro atoms. The summed E-state index contributed by atoms with van der Waals surface area (Å²) in [5.41, 5.74) is 2.24. The fraction of sp³-hybridized carbons (Fsp3) is 0.778. The summed E-state index contributed by atoms with van der Waals surface area (Å²) in [6, 6.07) is 0. The number of hydrogen-bond acceptors (Lipinski definition) is 0. The summed E-state index contributed by atoms with van der Waals surface area (Å²) in [4.78, 5) is 0. The van der Waals surface area contributed by atoms with Crippen molar-refractivity contribution in [2.24, 2.45) is 5.92 Å². The summed E-state index contributed by atoms with van der Waals surface area (Å²) in [6.07, 6.45) is 26.3. The number of allylic oxidation sites excluding steroid dienone is 4. The van der Waals surface area contributed by atoms with E-state index in [-0.39, 0.29) is 7.92 Å². The maximum atomic E-state index is 2.45. The van der Waals surface area contributed by atoms with Crippen molar-refractivity contribution in [3.63, 3.8) is 0 Å². The van der Waals surface area contributed by atoms with E-state index in [1.807, 2.05) is 0 Å². The van der Waals surface area contributed by atoms with Crippen LogP contribution in [0.15, 0.2) is 24.3 Å². The maximum Gasteiger partial charge on any atom is -0.000779 e. The lowest BCUT2D eigenvalue weighted by molar-refractivity contribution is 0.483. The third kappa shape index (κ3) is 3.72. The molecular formula is C18H29P. The molecule has 1 heteroatoms. The Bertz CT molecular complexity index is 289. The summed E-state index contributed by atoms with van der Waals surface area (Å²) in [5, 5.41) is 0. The van der Waals surface area contributed by atoms with Crippen LogP contribution in [0.25, 0.3) is 0 Å². The van der Waals surface area contributed by atoms with Crippen molar-refractivity contribution in [3.05, 3.63) is 24.3 Å². The molecule has 0 saturated heterocycles. The lowest BCUT2D eigenvalue weighted by Crippen LogP contribution is -2.23. The first-order chi connectivity index (χ1) is 9.43. The predicted molar refractivity (Wildman–Crippen MR) is 87.3 cm³/mol. The van der Waals surface area contributed by atoms with Gasteiger partial charge in [0, 0.05) is 0 Å². The average molecular weight is 276 g/mol. The van der Waals surface area contributed by atoms with Gasteiger partial charge in [-0.2, -0.15) is 0 Å². The highest BCUT2D eigenvalue weighted by Crippen LogP contribution is 2.56. The Morgan fingerprint density at radius 3 is 1.63 bits per heavy atom. The van der Waals surface area contributed by atoms with E-state index in [0.29, 0.717) is 0 Å². The Kier molecular flexibility index (Phi) is 5.16. The zero-order chi connectivity index (χ0) is 12.9. The molecule has 2 saturated carbocycles. The van der Waals surface area contributed by atoms with Gasteiger partial charge in [-0.05, 0) is 49.1 Å². The molecule has 3 aliphatic carbocycles. The van der Waals surface area contributed by atoms with Gasteiger partial charge in [0.2, 0.25) is 0 Å². The van der Waals surface area contributed by atoms with E-state index in [0.717, 1.165) is 17.2 Å². The molecular weight excluding hydrogens is 247 g/mol. The van der Waals surface area contributed by atoms with Crippen molar-refractivity contribution in [2.75, 3.05) is 6.16 Å². The Hall–Kier alpha value is -0.0900. The molecule has 0 aromatic rings. The van der Waals surface area contributed by atoms with Gasteiger partial charge in [-0.1, -0.05) is 70.8 Å². The molecule has 0 bridgehead atoms. The van der Waals surface area contributed by atoms with Gasteiger partial charge in [0.25, 0.3) is 0 Å². The monoisotopic (exact) mass is 276 g/mol. The molecule has 0 unspecified atom stereocenters. The molecule has 0 aromatic heterocycles. The van der Waals surface area contributed by atoms with Crippen LogP contribution in [0, 0.1) is 5.92 Å². The lowest BCUT2D eigenvalue weighted by atomic mass is 9.99. The lowest BCUT2D eigenvalue weighted by Gasteiger charge is -2.39. The fourth-order valence-corrected chi connectivity index (χ4v) is 8.24. The van der Waals surface area contributed by atoms with E-state index in [1.54, 1.807) is 25.7 Å². The molecule has 0 amide bonds. The van der Waals surface area contributed by atoms with Gasteiger partial charge in [0.15, 0.2) is 0 Å². The first-order valence-electron chi connectivity index (χ1n) is 8.54. The van der Waals surface area contributed by atoms with Crippen molar-refractivity contribution in [3.8, 4) is 0 Å². The van der Waals surface area contributed by atoms with E-state index in [4.69, 9.17) is 0 Å². The van der Waals surface area contributed by atoms with Crippen molar-refractivity contribution >= 4 is 7.92 Å². The van der Waals surface area contributed by atoms with Gasteiger partial charge in [-0.25, -0.2) is 0 Å². The highest BCUT2D eigenvalue weighted by Gasteiger charge is 2.31. The smallest absolute Gasteiger partial charge is 0.000779 e. The largest absolute Gasteiger partial charge is 0.0994 e. The van der Waals surface area contributed by atoms with Gasteiger partial charge >= 0.3 is 0 Å². The quantitative estimate of drug-likeness (QED) is 0.563. The maximum absolute atomic E-state index is 2.45. The molecule has 106 valence electrons. The van der Waals surface area contributed by atoms with E-state index in [1.165, 1.54) is 44.7 Å². The van der Waals surface area contributed by atoms with Crippen LogP contribution in [-0.4, -0.2) is 17.5 Å². The van der Waals surface area contributed by atoms with E-state index in [9.17, 15) is 0 Å². The van der Waals surface area contributed by atoms with Crippen molar-refractivity contribution in [1.29, 1.82) is 0 Å². The predicted octanol–water partition coefficient (Wildman–Crippen LogP) is 5.88. The Balaban J connectivity index is 1.65. The van der Waals surface area contributed by atoms with Gasteiger partial charge in [-0.15, -0.1) is 0 Å². The zero-order valence-electron chi connectivity index (χ0n) is 12.3. The van der Waals surface area contributed by atoms with Crippen LogP contribution in [0.5, 0.6) is 0 Å². The molecule has 0 aromatic carbocycles. The van der Waals surface area contributed by atoms with E-state index < -0.39 is 0 Å². The fourth-order valence-electron chi connectivity index (χ4n) is 4.26. The minimum absolute atomic E-state index is 0.289. The summed E-state index contributed by atoms with van der Waals surface area (Å²) in [7, 11) is 0.289. The van der Waals surface area contributed by atoms with Gasteiger partial charge in [0.1, 0.15) is 0 Å². The zero-order valence-corrected chi connectivity index (χ0v) is 13.2. The second-order valence-corrected chi connectivity index (χ2v) is 9.57. The van der Waals surface area contributed by atoms with E-state index in [2.05, 4.69) is 24.3 Å². The highest BCUT2D eigenvalue weighted by molar-refractivity contribution is 7.59. The van der Waals surface area contributed by atoms with Crippen LogP contribution in [0.3, 0.4) is 0 Å². The highest BCUT2D eigenvalue weighted by atomic mass is 31.1. The molecule has 3 aliphatic rings.